The quantitative estimate of drug-likeness (QED) is 0.768. The molecule has 142 valence electrons. The maximum Gasteiger partial charge on any atom is 0.336 e. The van der Waals surface area contributed by atoms with Gasteiger partial charge in [0.1, 0.15) is 11.3 Å². The molecule has 7 nitrogen and oxygen atoms in total. The largest absolute Gasteiger partial charge is 0.497 e. The fourth-order valence-corrected chi connectivity index (χ4v) is 3.93. The van der Waals surface area contributed by atoms with E-state index in [1.165, 1.54) is 12.3 Å². The lowest BCUT2D eigenvalue weighted by molar-refractivity contribution is 0.142. The molecule has 1 saturated heterocycles. The van der Waals surface area contributed by atoms with Gasteiger partial charge >= 0.3 is 5.63 Å². The minimum atomic E-state index is -3.22. The Morgan fingerprint density at radius 2 is 2.12 bits per heavy atom. The van der Waals surface area contributed by atoms with Crippen LogP contribution in [0.15, 0.2) is 33.5 Å². The molecule has 1 fully saturated rings. The molecule has 1 aromatic carbocycles. The Hall–Kier alpha value is -1.90. The Labute approximate surface area is 153 Å². The molecule has 0 spiro atoms. The van der Waals surface area contributed by atoms with Crippen LogP contribution < -0.4 is 15.1 Å². The molecule has 26 heavy (non-hydrogen) atoms. The first-order chi connectivity index (χ1) is 12.4. The smallest absolute Gasteiger partial charge is 0.336 e. The second kappa shape index (κ2) is 7.77. The first-order valence-electron chi connectivity index (χ1n) is 8.65. The SMILES string of the molecule is COc1ccc2c(CN3CCCC[C@@H]3CNS(C)(=O)=O)cc(=O)oc2c1. The van der Waals surface area contributed by atoms with Crippen LogP contribution in [0.25, 0.3) is 11.0 Å². The maximum atomic E-state index is 12.0. The van der Waals surface area contributed by atoms with Gasteiger partial charge in [0.2, 0.25) is 10.0 Å². The second-order valence-electron chi connectivity index (χ2n) is 6.69. The Balaban J connectivity index is 1.87. The molecule has 3 rings (SSSR count). The van der Waals surface area contributed by atoms with Crippen molar-refractivity contribution < 1.29 is 17.6 Å². The first-order valence-corrected chi connectivity index (χ1v) is 10.5. The number of nitrogens with one attached hydrogen (secondary N) is 1. The van der Waals surface area contributed by atoms with Gasteiger partial charge in [0.05, 0.1) is 13.4 Å². The summed E-state index contributed by atoms with van der Waals surface area (Å²) in [6.07, 6.45) is 4.23. The standard InChI is InChI=1S/C18H24N2O5S/c1-24-15-6-7-16-13(9-18(21)25-17(16)10-15)12-20-8-4-3-5-14(20)11-19-26(2,22)23/h6-7,9-10,14,19H,3-5,8,11-12H2,1-2H3/t14-/m1/s1. The van der Waals surface area contributed by atoms with Crippen LogP contribution in [0.2, 0.25) is 0 Å². The van der Waals surface area contributed by atoms with Crippen LogP contribution in [0.4, 0.5) is 0 Å². The van der Waals surface area contributed by atoms with Crippen molar-refractivity contribution in [3.05, 3.63) is 40.2 Å². The number of sulfonamides is 1. The van der Waals surface area contributed by atoms with Gasteiger partial charge in [-0.25, -0.2) is 17.9 Å². The zero-order chi connectivity index (χ0) is 18.7. The molecule has 0 unspecified atom stereocenters. The van der Waals surface area contributed by atoms with Crippen LogP contribution in [0, 0.1) is 0 Å². The number of hydrogen-bond acceptors (Lipinski definition) is 6. The number of methoxy groups -OCH3 is 1. The fraction of sp³-hybridized carbons (Fsp3) is 0.500. The molecule has 0 amide bonds. The van der Waals surface area contributed by atoms with Gasteiger partial charge in [-0.15, -0.1) is 0 Å². The lowest BCUT2D eigenvalue weighted by atomic mass is 10.0. The fourth-order valence-electron chi connectivity index (χ4n) is 3.43. The minimum Gasteiger partial charge on any atom is -0.497 e. The summed E-state index contributed by atoms with van der Waals surface area (Å²) in [5.74, 6) is 0.631. The zero-order valence-corrected chi connectivity index (χ0v) is 15.8. The van der Waals surface area contributed by atoms with Gasteiger partial charge in [-0.1, -0.05) is 6.42 Å². The number of piperidine rings is 1. The Morgan fingerprint density at radius 1 is 1.31 bits per heavy atom. The number of hydrogen-bond donors (Lipinski definition) is 1. The number of nitrogens with zero attached hydrogens (tertiary/aromatic N) is 1. The van der Waals surface area contributed by atoms with E-state index in [0.717, 1.165) is 36.8 Å². The molecule has 1 aliphatic heterocycles. The average molecular weight is 380 g/mol. The number of likely N-dealkylation sites (tertiary alicyclic amines) is 1. The third-order valence-corrected chi connectivity index (χ3v) is 5.43. The van der Waals surface area contributed by atoms with Crippen molar-refractivity contribution in [3.63, 3.8) is 0 Å². The van der Waals surface area contributed by atoms with E-state index in [0.29, 0.717) is 24.4 Å². The summed E-state index contributed by atoms with van der Waals surface area (Å²) in [5, 5.41) is 0.866. The van der Waals surface area contributed by atoms with Gasteiger partial charge < -0.3 is 9.15 Å². The lowest BCUT2D eigenvalue weighted by Gasteiger charge is -2.35. The number of rotatable bonds is 6. The molecular formula is C18H24N2O5S. The summed E-state index contributed by atoms with van der Waals surface area (Å²) >= 11 is 0. The molecule has 0 aliphatic carbocycles. The maximum absolute atomic E-state index is 12.0. The number of fused-ring (bicyclic) bond motifs is 1. The highest BCUT2D eigenvalue weighted by Crippen LogP contribution is 2.25. The highest BCUT2D eigenvalue weighted by Gasteiger charge is 2.24. The lowest BCUT2D eigenvalue weighted by Crippen LogP contribution is -2.46. The molecular weight excluding hydrogens is 356 g/mol. The Kier molecular flexibility index (Phi) is 5.64. The second-order valence-corrected chi connectivity index (χ2v) is 8.53. The highest BCUT2D eigenvalue weighted by molar-refractivity contribution is 7.88. The molecule has 1 aromatic heterocycles. The molecule has 1 N–H and O–H groups in total. The molecule has 0 bridgehead atoms. The predicted octanol–water partition coefficient (Wildman–Crippen LogP) is 1.71. The highest BCUT2D eigenvalue weighted by atomic mass is 32.2. The number of ether oxygens (including phenoxy) is 1. The van der Waals surface area contributed by atoms with Crippen LogP contribution in [-0.2, 0) is 16.6 Å². The normalized spacial score (nSPS) is 18.9. The average Bonchev–Trinajstić information content (AvgIpc) is 2.59. The topological polar surface area (TPSA) is 88.9 Å². The van der Waals surface area contributed by atoms with Crippen molar-refractivity contribution in [2.45, 2.75) is 31.8 Å². The molecule has 2 aromatic rings. The molecule has 8 heteroatoms. The van der Waals surface area contributed by atoms with E-state index in [2.05, 4.69) is 9.62 Å². The number of benzene rings is 1. The van der Waals surface area contributed by atoms with Gasteiger partial charge in [-0.05, 0) is 37.1 Å². The molecule has 2 heterocycles. The van der Waals surface area contributed by atoms with Crippen molar-refractivity contribution in [2.24, 2.45) is 0 Å². The Bertz CT molecular complexity index is 938. The van der Waals surface area contributed by atoms with E-state index in [4.69, 9.17) is 9.15 Å². The van der Waals surface area contributed by atoms with Crippen molar-refractivity contribution in [1.29, 1.82) is 0 Å². The van der Waals surface area contributed by atoms with Crippen molar-refractivity contribution in [3.8, 4) is 5.75 Å². The van der Waals surface area contributed by atoms with Crippen molar-refractivity contribution in [1.82, 2.24) is 9.62 Å². The van der Waals surface area contributed by atoms with E-state index in [1.807, 2.05) is 12.1 Å². The van der Waals surface area contributed by atoms with Gasteiger partial charge in [0.25, 0.3) is 0 Å². The third kappa shape index (κ3) is 4.63. The van der Waals surface area contributed by atoms with Crippen molar-refractivity contribution in [2.75, 3.05) is 26.5 Å². The van der Waals surface area contributed by atoms with Crippen LogP contribution in [0.5, 0.6) is 5.75 Å². The van der Waals surface area contributed by atoms with E-state index in [1.54, 1.807) is 13.2 Å². The van der Waals surface area contributed by atoms with Gasteiger partial charge in [-0.2, -0.15) is 0 Å². The monoisotopic (exact) mass is 380 g/mol. The van der Waals surface area contributed by atoms with Gasteiger partial charge in [0, 0.05) is 36.7 Å². The first kappa shape index (κ1) is 18.9. The van der Waals surface area contributed by atoms with Crippen LogP contribution in [0.1, 0.15) is 24.8 Å². The molecule has 1 atom stereocenters. The minimum absolute atomic E-state index is 0.110. The molecule has 0 saturated carbocycles. The summed E-state index contributed by atoms with van der Waals surface area (Å²) in [4.78, 5) is 14.2. The van der Waals surface area contributed by atoms with E-state index < -0.39 is 15.6 Å². The molecule has 0 radical (unpaired) electrons. The summed E-state index contributed by atoms with van der Waals surface area (Å²) in [6, 6.07) is 7.06. The van der Waals surface area contributed by atoms with Gasteiger partial charge in [-0.3, -0.25) is 4.90 Å². The summed E-state index contributed by atoms with van der Waals surface area (Å²) in [7, 11) is -1.66. The summed E-state index contributed by atoms with van der Waals surface area (Å²) < 4.78 is 36.0. The predicted molar refractivity (Wildman–Crippen MR) is 99.9 cm³/mol. The van der Waals surface area contributed by atoms with E-state index >= 15 is 0 Å². The summed E-state index contributed by atoms with van der Waals surface area (Å²) in [5.41, 5.74) is 0.975. The Morgan fingerprint density at radius 3 is 2.85 bits per heavy atom. The third-order valence-electron chi connectivity index (χ3n) is 4.74. The van der Waals surface area contributed by atoms with Crippen LogP contribution in [0.3, 0.4) is 0 Å². The van der Waals surface area contributed by atoms with E-state index in [9.17, 15) is 13.2 Å². The van der Waals surface area contributed by atoms with E-state index in [-0.39, 0.29) is 6.04 Å². The van der Waals surface area contributed by atoms with Gasteiger partial charge in [0.15, 0.2) is 0 Å². The zero-order valence-electron chi connectivity index (χ0n) is 15.0. The van der Waals surface area contributed by atoms with Crippen LogP contribution in [-0.4, -0.2) is 45.8 Å². The summed E-state index contributed by atoms with van der Waals surface area (Å²) in [6.45, 7) is 1.82. The van der Waals surface area contributed by atoms with Crippen LogP contribution >= 0.6 is 0 Å². The van der Waals surface area contributed by atoms with Crippen molar-refractivity contribution >= 4 is 21.0 Å². The molecule has 1 aliphatic rings.